The third-order valence-electron chi connectivity index (χ3n) is 4.26. The summed E-state index contributed by atoms with van der Waals surface area (Å²) in [7, 11) is 1.39. The lowest BCUT2D eigenvalue weighted by Gasteiger charge is -2.17. The number of nitro groups is 1. The summed E-state index contributed by atoms with van der Waals surface area (Å²) in [6.07, 6.45) is 1.17. The van der Waals surface area contributed by atoms with Crippen molar-refractivity contribution in [1.82, 2.24) is 14.5 Å². The number of rotatable bonds is 6. The fourth-order valence-corrected chi connectivity index (χ4v) is 2.68. The fourth-order valence-electron chi connectivity index (χ4n) is 2.68. The lowest BCUT2D eigenvalue weighted by molar-refractivity contribution is -0.384. The minimum Gasteiger partial charge on any atom is -0.335 e. The first-order valence-electron chi connectivity index (χ1n) is 8.67. The van der Waals surface area contributed by atoms with Crippen LogP contribution in [0.1, 0.15) is 0 Å². The van der Waals surface area contributed by atoms with Gasteiger partial charge in [0.05, 0.1) is 28.7 Å². The van der Waals surface area contributed by atoms with Crippen LogP contribution < -0.4 is 10.9 Å². The van der Waals surface area contributed by atoms with E-state index < -0.39 is 34.7 Å². The van der Waals surface area contributed by atoms with Crippen LogP contribution in [-0.2, 0) is 16.1 Å². The van der Waals surface area contributed by atoms with Crippen LogP contribution in [-0.4, -0.2) is 44.8 Å². The Hall–Kier alpha value is -4.15. The zero-order valence-corrected chi connectivity index (χ0v) is 15.7. The molecule has 0 spiro atoms. The van der Waals surface area contributed by atoms with Crippen LogP contribution in [0.2, 0.25) is 0 Å². The zero-order chi connectivity index (χ0) is 21.8. The molecule has 1 N–H and O–H groups in total. The Balaban J connectivity index is 1.69. The van der Waals surface area contributed by atoms with Crippen LogP contribution >= 0.6 is 0 Å². The summed E-state index contributed by atoms with van der Waals surface area (Å²) in [5, 5.41) is 13.5. The van der Waals surface area contributed by atoms with Gasteiger partial charge in [-0.15, -0.1) is 0 Å². The number of amides is 2. The van der Waals surface area contributed by atoms with E-state index in [-0.39, 0.29) is 23.1 Å². The van der Waals surface area contributed by atoms with Crippen LogP contribution in [0.15, 0.2) is 53.6 Å². The maximum absolute atomic E-state index is 12.9. The minimum absolute atomic E-state index is 0.0104. The Morgan fingerprint density at radius 2 is 1.93 bits per heavy atom. The summed E-state index contributed by atoms with van der Waals surface area (Å²) in [5.74, 6) is -1.49. The van der Waals surface area contributed by atoms with Gasteiger partial charge in [0.1, 0.15) is 12.4 Å². The number of non-ortho nitro benzene ring substituents is 1. The molecule has 0 aliphatic carbocycles. The number of hydrogen-bond donors (Lipinski definition) is 1. The van der Waals surface area contributed by atoms with Gasteiger partial charge in [-0.2, -0.15) is 0 Å². The largest absolute Gasteiger partial charge is 0.335 e. The highest BCUT2D eigenvalue weighted by atomic mass is 19.1. The third-order valence-corrected chi connectivity index (χ3v) is 4.26. The first-order valence-corrected chi connectivity index (χ1v) is 8.67. The summed E-state index contributed by atoms with van der Waals surface area (Å²) in [4.78, 5) is 52.5. The summed E-state index contributed by atoms with van der Waals surface area (Å²) >= 11 is 0. The molecule has 1 aromatic heterocycles. The van der Waals surface area contributed by atoms with E-state index in [4.69, 9.17) is 0 Å². The van der Waals surface area contributed by atoms with Crippen molar-refractivity contribution < 1.29 is 18.9 Å². The molecular weight excluding hydrogens is 397 g/mol. The Morgan fingerprint density at radius 3 is 2.60 bits per heavy atom. The predicted octanol–water partition coefficient (Wildman–Crippen LogP) is 1.54. The van der Waals surface area contributed by atoms with Gasteiger partial charge in [0.15, 0.2) is 0 Å². The van der Waals surface area contributed by atoms with Gasteiger partial charge < -0.3 is 10.2 Å². The summed E-state index contributed by atoms with van der Waals surface area (Å²) in [6, 6.07) is 8.83. The molecule has 30 heavy (non-hydrogen) atoms. The van der Waals surface area contributed by atoms with E-state index in [0.717, 1.165) is 15.5 Å². The molecule has 11 heteroatoms. The number of carbonyl (C=O) groups excluding carboxylic acids is 2. The molecular formula is C19H16FN5O5. The van der Waals surface area contributed by atoms with Crippen LogP contribution in [0, 0.1) is 15.9 Å². The lowest BCUT2D eigenvalue weighted by Crippen LogP contribution is -2.38. The van der Waals surface area contributed by atoms with Crippen molar-refractivity contribution >= 4 is 34.1 Å². The van der Waals surface area contributed by atoms with E-state index in [1.807, 2.05) is 0 Å². The van der Waals surface area contributed by atoms with E-state index in [1.54, 1.807) is 0 Å². The molecule has 0 aliphatic rings. The first-order chi connectivity index (χ1) is 14.2. The number of nitrogens with one attached hydrogen (secondary N) is 1. The van der Waals surface area contributed by atoms with Crippen LogP contribution in [0.25, 0.3) is 10.9 Å². The molecule has 0 fully saturated rings. The van der Waals surface area contributed by atoms with Crippen LogP contribution in [0.3, 0.4) is 0 Å². The maximum atomic E-state index is 12.9. The molecule has 0 atom stereocenters. The van der Waals surface area contributed by atoms with E-state index >= 15 is 0 Å². The number of fused-ring (bicyclic) bond motifs is 1. The van der Waals surface area contributed by atoms with Crippen LogP contribution in [0.4, 0.5) is 15.8 Å². The van der Waals surface area contributed by atoms with Crippen molar-refractivity contribution in [3.63, 3.8) is 0 Å². The first kappa shape index (κ1) is 20.6. The van der Waals surface area contributed by atoms with E-state index in [2.05, 4.69) is 10.3 Å². The molecule has 0 unspecified atom stereocenters. The van der Waals surface area contributed by atoms with E-state index in [9.17, 15) is 28.9 Å². The monoisotopic (exact) mass is 413 g/mol. The molecule has 1 heterocycles. The number of carbonyl (C=O) groups is 2. The molecule has 0 saturated heterocycles. The number of anilines is 1. The number of benzene rings is 2. The Bertz CT molecular complexity index is 1190. The maximum Gasteiger partial charge on any atom is 0.270 e. The Labute approximate surface area is 168 Å². The molecule has 0 aliphatic heterocycles. The second kappa shape index (κ2) is 8.47. The zero-order valence-electron chi connectivity index (χ0n) is 15.7. The van der Waals surface area contributed by atoms with E-state index in [0.29, 0.717) is 5.69 Å². The van der Waals surface area contributed by atoms with Crippen molar-refractivity contribution in [2.24, 2.45) is 0 Å². The molecule has 0 radical (unpaired) electrons. The van der Waals surface area contributed by atoms with Gasteiger partial charge in [0, 0.05) is 24.9 Å². The predicted molar refractivity (Wildman–Crippen MR) is 105 cm³/mol. The highest BCUT2D eigenvalue weighted by Gasteiger charge is 2.16. The fraction of sp³-hybridized carbons (Fsp3) is 0.158. The molecule has 0 saturated carbocycles. The highest BCUT2D eigenvalue weighted by molar-refractivity contribution is 5.94. The summed E-state index contributed by atoms with van der Waals surface area (Å²) in [5.41, 5.74) is -0.235. The van der Waals surface area contributed by atoms with Gasteiger partial charge >= 0.3 is 0 Å². The number of nitro benzene ring substituents is 1. The molecule has 0 bridgehead atoms. The molecule has 2 amide bonds. The Morgan fingerprint density at radius 1 is 1.23 bits per heavy atom. The number of aromatic nitrogens is 2. The van der Waals surface area contributed by atoms with Crippen molar-refractivity contribution in [1.29, 1.82) is 0 Å². The number of nitrogens with zero attached hydrogens (tertiary/aromatic N) is 4. The molecule has 2 aromatic carbocycles. The number of hydrogen-bond acceptors (Lipinski definition) is 6. The average Bonchev–Trinajstić information content (AvgIpc) is 2.71. The van der Waals surface area contributed by atoms with Gasteiger partial charge in [0.2, 0.25) is 11.8 Å². The molecule has 3 aromatic rings. The average molecular weight is 413 g/mol. The van der Waals surface area contributed by atoms with Crippen molar-refractivity contribution in [2.45, 2.75) is 6.54 Å². The minimum atomic E-state index is -0.630. The second-order valence-corrected chi connectivity index (χ2v) is 6.44. The van der Waals surface area contributed by atoms with Crippen molar-refractivity contribution in [3.8, 4) is 0 Å². The lowest BCUT2D eigenvalue weighted by atomic mass is 10.2. The van der Waals surface area contributed by atoms with Gasteiger partial charge in [-0.05, 0) is 30.3 Å². The highest BCUT2D eigenvalue weighted by Crippen LogP contribution is 2.16. The standard InChI is InChI=1S/C19H16FN5O5/c1-23(9-17(26)22-13-4-2-12(20)3-5-13)18(27)10-24-11-21-16-7-6-14(25(29)30)8-15(16)19(24)28/h2-8,11H,9-10H2,1H3,(H,22,26). The van der Waals surface area contributed by atoms with Gasteiger partial charge in [-0.3, -0.25) is 29.1 Å². The topological polar surface area (TPSA) is 127 Å². The smallest absolute Gasteiger partial charge is 0.270 e. The summed E-state index contributed by atoms with van der Waals surface area (Å²) in [6.45, 7) is -0.692. The second-order valence-electron chi connectivity index (χ2n) is 6.44. The molecule has 3 rings (SSSR count). The van der Waals surface area contributed by atoms with Crippen molar-refractivity contribution in [2.75, 3.05) is 18.9 Å². The molecule has 154 valence electrons. The normalized spacial score (nSPS) is 10.6. The van der Waals surface area contributed by atoms with Crippen LogP contribution in [0.5, 0.6) is 0 Å². The van der Waals surface area contributed by atoms with Gasteiger partial charge in [-0.1, -0.05) is 0 Å². The number of likely N-dealkylation sites (N-methyl/N-ethyl adjacent to an activating group) is 1. The SMILES string of the molecule is CN(CC(=O)Nc1ccc(F)cc1)C(=O)Cn1cnc2ccc([N+](=O)[O-])cc2c1=O. The third kappa shape index (κ3) is 4.63. The Kier molecular flexibility index (Phi) is 5.81. The van der Waals surface area contributed by atoms with Gasteiger partial charge in [0.25, 0.3) is 11.2 Å². The summed E-state index contributed by atoms with van der Waals surface area (Å²) < 4.78 is 13.9. The number of halogens is 1. The van der Waals surface area contributed by atoms with E-state index in [1.165, 1.54) is 49.8 Å². The van der Waals surface area contributed by atoms with Gasteiger partial charge in [-0.25, -0.2) is 9.37 Å². The van der Waals surface area contributed by atoms with Crippen molar-refractivity contribution in [3.05, 3.63) is 75.1 Å². The quantitative estimate of drug-likeness (QED) is 0.482. The molecule has 10 nitrogen and oxygen atoms in total.